The van der Waals surface area contributed by atoms with E-state index in [0.717, 1.165) is 11.1 Å². The molecule has 0 spiro atoms. The van der Waals surface area contributed by atoms with Crippen molar-refractivity contribution in [1.29, 1.82) is 0 Å². The first-order valence-corrected chi connectivity index (χ1v) is 7.25. The average Bonchev–Trinajstić information content (AvgIpc) is 2.32. The molecule has 2 aromatic rings. The van der Waals surface area contributed by atoms with Crippen LogP contribution in [0, 0.1) is 6.92 Å². The summed E-state index contributed by atoms with van der Waals surface area (Å²) in [5, 5.41) is 0.680. The van der Waals surface area contributed by atoms with Crippen LogP contribution in [-0.4, -0.2) is 4.21 Å². The fraction of sp³-hybridized carbons (Fsp3) is 0.143. The summed E-state index contributed by atoms with van der Waals surface area (Å²) in [7, 11) is -1.13. The highest BCUT2D eigenvalue weighted by atomic mass is 35.5. The molecule has 94 valence electrons. The molecule has 1 unspecified atom stereocenters. The second-order valence-electron chi connectivity index (χ2n) is 4.16. The molecule has 0 fully saturated rings. The minimum absolute atomic E-state index is 0.449. The second-order valence-corrected chi connectivity index (χ2v) is 6.01. The van der Waals surface area contributed by atoms with Crippen molar-refractivity contribution in [2.24, 2.45) is 0 Å². The van der Waals surface area contributed by atoms with Crippen LogP contribution in [0.5, 0.6) is 0 Å². The number of rotatable bonds is 3. The summed E-state index contributed by atoms with van der Waals surface area (Å²) in [6, 6.07) is 13.0. The molecular formula is C14H14ClNOS. The smallest absolute Gasteiger partial charge is 0.0621 e. The van der Waals surface area contributed by atoms with Gasteiger partial charge >= 0.3 is 0 Å². The summed E-state index contributed by atoms with van der Waals surface area (Å²) >= 11 is 5.81. The zero-order valence-corrected chi connectivity index (χ0v) is 11.6. The third-order valence-corrected chi connectivity index (χ3v) is 4.33. The highest BCUT2D eigenvalue weighted by molar-refractivity contribution is 7.84. The number of hydrogen-bond acceptors (Lipinski definition) is 2. The minimum atomic E-state index is -1.13. The van der Waals surface area contributed by atoms with Crippen LogP contribution in [0.1, 0.15) is 11.1 Å². The Kier molecular flexibility index (Phi) is 4.04. The van der Waals surface area contributed by atoms with Crippen LogP contribution < -0.4 is 5.73 Å². The Hall–Kier alpha value is -1.32. The Labute approximate surface area is 114 Å². The summed E-state index contributed by atoms with van der Waals surface area (Å²) in [6.07, 6.45) is 0. The standard InChI is InChI=1S/C14H14ClNOS/c1-10-2-7-14(13(16)8-10)18(17)9-11-3-5-12(15)6-4-11/h2-8H,9,16H2,1H3. The summed E-state index contributed by atoms with van der Waals surface area (Å²) < 4.78 is 12.2. The molecule has 0 aliphatic heterocycles. The molecule has 0 amide bonds. The zero-order chi connectivity index (χ0) is 13.1. The van der Waals surface area contributed by atoms with Crippen molar-refractivity contribution >= 4 is 28.1 Å². The van der Waals surface area contributed by atoms with E-state index in [4.69, 9.17) is 17.3 Å². The maximum atomic E-state index is 12.2. The van der Waals surface area contributed by atoms with Gasteiger partial charge in [0.15, 0.2) is 0 Å². The number of benzene rings is 2. The molecule has 0 heterocycles. The third kappa shape index (κ3) is 3.12. The molecule has 18 heavy (non-hydrogen) atoms. The molecule has 2 aromatic carbocycles. The lowest BCUT2D eigenvalue weighted by molar-refractivity contribution is 0.683. The Morgan fingerprint density at radius 2 is 1.83 bits per heavy atom. The monoisotopic (exact) mass is 279 g/mol. The number of nitrogens with two attached hydrogens (primary N) is 1. The number of nitrogen functional groups attached to an aromatic ring is 1. The number of aryl methyl sites for hydroxylation is 1. The largest absolute Gasteiger partial charge is 0.398 e. The van der Waals surface area contributed by atoms with E-state index in [1.165, 1.54) is 0 Å². The minimum Gasteiger partial charge on any atom is -0.398 e. The van der Waals surface area contributed by atoms with Gasteiger partial charge in [-0.25, -0.2) is 0 Å². The van der Waals surface area contributed by atoms with Crippen LogP contribution in [0.3, 0.4) is 0 Å². The first-order valence-electron chi connectivity index (χ1n) is 5.55. The molecule has 0 saturated heterocycles. The van der Waals surface area contributed by atoms with E-state index in [-0.39, 0.29) is 0 Å². The Bertz CT molecular complexity index is 581. The summed E-state index contributed by atoms with van der Waals surface area (Å²) in [5.41, 5.74) is 8.52. The predicted molar refractivity (Wildman–Crippen MR) is 77.2 cm³/mol. The zero-order valence-electron chi connectivity index (χ0n) is 10.0. The van der Waals surface area contributed by atoms with Gasteiger partial charge in [-0.05, 0) is 42.3 Å². The van der Waals surface area contributed by atoms with Crippen molar-refractivity contribution in [2.75, 3.05) is 5.73 Å². The fourth-order valence-electron chi connectivity index (χ4n) is 1.68. The third-order valence-electron chi connectivity index (χ3n) is 2.62. The SMILES string of the molecule is Cc1ccc(S(=O)Cc2ccc(Cl)cc2)c(N)c1. The molecule has 1 atom stereocenters. The first kappa shape index (κ1) is 13.1. The molecule has 0 bridgehead atoms. The van der Waals surface area contributed by atoms with Gasteiger partial charge in [-0.2, -0.15) is 0 Å². The van der Waals surface area contributed by atoms with E-state index in [0.29, 0.717) is 21.4 Å². The lowest BCUT2D eigenvalue weighted by Crippen LogP contribution is -2.01. The molecule has 0 aliphatic carbocycles. The van der Waals surface area contributed by atoms with Gasteiger partial charge in [-0.1, -0.05) is 29.8 Å². The topological polar surface area (TPSA) is 43.1 Å². The van der Waals surface area contributed by atoms with Gasteiger partial charge in [0, 0.05) is 10.7 Å². The Balaban J connectivity index is 2.19. The van der Waals surface area contributed by atoms with E-state index >= 15 is 0 Å². The van der Waals surface area contributed by atoms with E-state index in [9.17, 15) is 4.21 Å². The first-order chi connectivity index (χ1) is 8.56. The lowest BCUT2D eigenvalue weighted by atomic mass is 10.2. The van der Waals surface area contributed by atoms with E-state index in [1.807, 2.05) is 37.3 Å². The maximum Gasteiger partial charge on any atom is 0.0621 e. The summed E-state index contributed by atoms with van der Waals surface area (Å²) in [4.78, 5) is 0.690. The van der Waals surface area contributed by atoms with E-state index < -0.39 is 10.8 Å². The second kappa shape index (κ2) is 5.55. The van der Waals surface area contributed by atoms with Crippen LogP contribution in [0.15, 0.2) is 47.4 Å². The number of halogens is 1. The van der Waals surface area contributed by atoms with Crippen molar-refractivity contribution in [2.45, 2.75) is 17.6 Å². The van der Waals surface area contributed by atoms with Crippen LogP contribution in [0.4, 0.5) is 5.69 Å². The Morgan fingerprint density at radius 1 is 1.17 bits per heavy atom. The highest BCUT2D eigenvalue weighted by Crippen LogP contribution is 2.21. The summed E-state index contributed by atoms with van der Waals surface area (Å²) in [5.74, 6) is 0.449. The lowest BCUT2D eigenvalue weighted by Gasteiger charge is -2.07. The number of anilines is 1. The number of hydrogen-bond donors (Lipinski definition) is 1. The van der Waals surface area contributed by atoms with Crippen LogP contribution in [0.2, 0.25) is 5.02 Å². The molecular weight excluding hydrogens is 266 g/mol. The van der Waals surface area contributed by atoms with Gasteiger partial charge in [0.05, 0.1) is 21.4 Å². The van der Waals surface area contributed by atoms with Gasteiger partial charge < -0.3 is 5.73 Å². The van der Waals surface area contributed by atoms with Crippen molar-refractivity contribution < 1.29 is 4.21 Å². The predicted octanol–water partition coefficient (Wildman–Crippen LogP) is 3.54. The van der Waals surface area contributed by atoms with E-state index in [1.54, 1.807) is 12.1 Å². The van der Waals surface area contributed by atoms with Gasteiger partial charge in [-0.3, -0.25) is 4.21 Å². The van der Waals surface area contributed by atoms with Crippen molar-refractivity contribution in [3.8, 4) is 0 Å². The van der Waals surface area contributed by atoms with Gasteiger partial charge in [-0.15, -0.1) is 0 Å². The Morgan fingerprint density at radius 3 is 2.44 bits per heavy atom. The van der Waals surface area contributed by atoms with Gasteiger partial charge in [0.1, 0.15) is 0 Å². The summed E-state index contributed by atoms with van der Waals surface area (Å²) in [6.45, 7) is 1.96. The molecule has 2 nitrogen and oxygen atoms in total. The fourth-order valence-corrected chi connectivity index (χ4v) is 3.00. The van der Waals surface area contributed by atoms with Crippen molar-refractivity contribution in [3.63, 3.8) is 0 Å². The van der Waals surface area contributed by atoms with Crippen molar-refractivity contribution in [3.05, 3.63) is 58.6 Å². The quantitative estimate of drug-likeness (QED) is 0.874. The molecule has 0 radical (unpaired) electrons. The normalized spacial score (nSPS) is 12.3. The van der Waals surface area contributed by atoms with Crippen LogP contribution in [0.25, 0.3) is 0 Å². The molecule has 0 aliphatic rings. The van der Waals surface area contributed by atoms with Crippen molar-refractivity contribution in [1.82, 2.24) is 0 Å². The van der Waals surface area contributed by atoms with E-state index in [2.05, 4.69) is 0 Å². The van der Waals surface area contributed by atoms with Gasteiger partial charge in [0.25, 0.3) is 0 Å². The average molecular weight is 280 g/mol. The molecule has 2 rings (SSSR count). The maximum absolute atomic E-state index is 12.2. The molecule has 4 heteroatoms. The molecule has 0 aromatic heterocycles. The highest BCUT2D eigenvalue weighted by Gasteiger charge is 2.08. The van der Waals surface area contributed by atoms with Crippen LogP contribution in [-0.2, 0) is 16.6 Å². The molecule has 2 N–H and O–H groups in total. The van der Waals surface area contributed by atoms with Crippen LogP contribution >= 0.6 is 11.6 Å². The molecule has 0 saturated carbocycles. The van der Waals surface area contributed by atoms with Gasteiger partial charge in [0.2, 0.25) is 0 Å².